The fraction of sp³-hybridized carbons (Fsp3) is 0.467. The Morgan fingerprint density at radius 1 is 1.00 bits per heavy atom. The van der Waals surface area contributed by atoms with Gasteiger partial charge in [0.2, 0.25) is 0 Å². The van der Waals surface area contributed by atoms with Crippen molar-refractivity contribution in [3.63, 3.8) is 0 Å². The summed E-state index contributed by atoms with van der Waals surface area (Å²) in [5.74, 6) is 0. The molecule has 92 valence electrons. The van der Waals surface area contributed by atoms with E-state index in [4.69, 9.17) is 0 Å². The summed E-state index contributed by atoms with van der Waals surface area (Å²) in [6.45, 7) is 4.24. The van der Waals surface area contributed by atoms with Crippen LogP contribution in [-0.2, 0) is 6.42 Å². The Labute approximate surface area is 105 Å². The highest BCUT2D eigenvalue weighted by atomic mass is 14.8. The second kappa shape index (κ2) is 7.00. The van der Waals surface area contributed by atoms with Gasteiger partial charge in [-0.25, -0.2) is 0 Å². The fourth-order valence-electron chi connectivity index (χ4n) is 1.89. The van der Waals surface area contributed by atoms with Gasteiger partial charge in [0.25, 0.3) is 0 Å². The van der Waals surface area contributed by atoms with Gasteiger partial charge in [-0.3, -0.25) is 9.98 Å². The molecule has 0 aliphatic heterocycles. The van der Waals surface area contributed by atoms with Crippen LogP contribution in [0.2, 0.25) is 0 Å². The van der Waals surface area contributed by atoms with E-state index >= 15 is 0 Å². The van der Waals surface area contributed by atoms with E-state index in [0.29, 0.717) is 0 Å². The maximum absolute atomic E-state index is 4.35. The Hall–Kier alpha value is -1.44. The quantitative estimate of drug-likeness (QED) is 0.692. The summed E-state index contributed by atoms with van der Waals surface area (Å²) >= 11 is 0. The fourth-order valence-corrected chi connectivity index (χ4v) is 1.89. The molecule has 0 amide bonds. The number of benzene rings is 1. The predicted molar refractivity (Wildman–Crippen MR) is 76.5 cm³/mol. The van der Waals surface area contributed by atoms with Crippen molar-refractivity contribution in [3.05, 3.63) is 35.4 Å². The standard InChI is InChI=1S/C15H22N2/c1-5-14(16-3)15(17-4)11-10-13-8-6-12(2)7-9-13/h6-9H,5,10-11H2,1-4H3. The van der Waals surface area contributed by atoms with Crippen LogP contribution in [0.1, 0.15) is 30.9 Å². The Bertz CT molecular complexity index is 399. The number of nitrogens with zero attached hydrogens (tertiary/aromatic N) is 2. The van der Waals surface area contributed by atoms with E-state index in [1.165, 1.54) is 11.1 Å². The lowest BCUT2D eigenvalue weighted by molar-refractivity contribution is 1.03. The summed E-state index contributed by atoms with van der Waals surface area (Å²) in [7, 11) is 3.70. The molecule has 2 heteroatoms. The van der Waals surface area contributed by atoms with Gasteiger partial charge in [0.1, 0.15) is 0 Å². The van der Waals surface area contributed by atoms with E-state index in [1.54, 1.807) is 0 Å². The van der Waals surface area contributed by atoms with Crippen molar-refractivity contribution in [1.29, 1.82) is 0 Å². The Morgan fingerprint density at radius 3 is 2.06 bits per heavy atom. The van der Waals surface area contributed by atoms with Crippen LogP contribution in [0.15, 0.2) is 34.3 Å². The Morgan fingerprint density at radius 2 is 1.59 bits per heavy atom. The predicted octanol–water partition coefficient (Wildman–Crippen LogP) is 3.48. The third kappa shape index (κ3) is 4.14. The van der Waals surface area contributed by atoms with E-state index in [-0.39, 0.29) is 0 Å². The van der Waals surface area contributed by atoms with E-state index in [9.17, 15) is 0 Å². The van der Waals surface area contributed by atoms with Crippen molar-refractivity contribution < 1.29 is 0 Å². The third-order valence-electron chi connectivity index (χ3n) is 2.98. The molecule has 0 heterocycles. The first-order valence-corrected chi connectivity index (χ1v) is 6.18. The molecule has 0 aliphatic rings. The van der Waals surface area contributed by atoms with Crippen molar-refractivity contribution in [2.45, 2.75) is 33.1 Å². The second-order valence-electron chi connectivity index (χ2n) is 4.18. The maximum atomic E-state index is 4.35. The number of aryl methyl sites for hydroxylation is 2. The number of hydrogen-bond acceptors (Lipinski definition) is 2. The largest absolute Gasteiger partial charge is 0.291 e. The van der Waals surface area contributed by atoms with Crippen molar-refractivity contribution in [1.82, 2.24) is 0 Å². The first-order chi connectivity index (χ1) is 8.21. The lowest BCUT2D eigenvalue weighted by atomic mass is 10.0. The topological polar surface area (TPSA) is 24.7 Å². The zero-order chi connectivity index (χ0) is 12.7. The van der Waals surface area contributed by atoms with Gasteiger partial charge in [0, 0.05) is 14.1 Å². The summed E-state index contributed by atoms with van der Waals surface area (Å²) in [5.41, 5.74) is 4.93. The number of rotatable bonds is 5. The second-order valence-corrected chi connectivity index (χ2v) is 4.18. The van der Waals surface area contributed by atoms with Crippen LogP contribution in [0.25, 0.3) is 0 Å². The third-order valence-corrected chi connectivity index (χ3v) is 2.98. The summed E-state index contributed by atoms with van der Waals surface area (Å²) < 4.78 is 0. The molecule has 2 nitrogen and oxygen atoms in total. The van der Waals surface area contributed by atoms with Gasteiger partial charge < -0.3 is 0 Å². The molecule has 0 aliphatic carbocycles. The van der Waals surface area contributed by atoms with Gasteiger partial charge in [-0.15, -0.1) is 0 Å². The minimum absolute atomic E-state index is 0.955. The van der Waals surface area contributed by atoms with Crippen LogP contribution in [0.3, 0.4) is 0 Å². The molecular formula is C15H22N2. The molecule has 0 saturated carbocycles. The first-order valence-electron chi connectivity index (χ1n) is 6.18. The van der Waals surface area contributed by atoms with Crippen molar-refractivity contribution in [2.24, 2.45) is 9.98 Å². The number of aliphatic imine (C=N–C) groups is 2. The molecule has 0 atom stereocenters. The SMILES string of the molecule is CCC(=NC)C(CCc1ccc(C)cc1)=NC. The normalized spacial score (nSPS) is 12.9. The van der Waals surface area contributed by atoms with Crippen LogP contribution in [0, 0.1) is 6.92 Å². The van der Waals surface area contributed by atoms with E-state index in [0.717, 1.165) is 30.7 Å². The average molecular weight is 230 g/mol. The van der Waals surface area contributed by atoms with Gasteiger partial charge in [0.15, 0.2) is 0 Å². The molecule has 17 heavy (non-hydrogen) atoms. The van der Waals surface area contributed by atoms with Gasteiger partial charge in [-0.05, 0) is 31.7 Å². The number of hydrogen-bond donors (Lipinski definition) is 0. The molecule has 1 aromatic rings. The van der Waals surface area contributed by atoms with Crippen molar-refractivity contribution in [3.8, 4) is 0 Å². The van der Waals surface area contributed by atoms with Gasteiger partial charge in [-0.1, -0.05) is 36.8 Å². The molecule has 0 aromatic heterocycles. The highest BCUT2D eigenvalue weighted by molar-refractivity contribution is 6.42. The minimum Gasteiger partial charge on any atom is -0.291 e. The van der Waals surface area contributed by atoms with Crippen molar-refractivity contribution in [2.75, 3.05) is 14.1 Å². The molecule has 1 aromatic carbocycles. The zero-order valence-corrected chi connectivity index (χ0v) is 11.3. The molecule has 0 N–H and O–H groups in total. The summed E-state index contributed by atoms with van der Waals surface area (Å²) in [5, 5.41) is 0. The summed E-state index contributed by atoms with van der Waals surface area (Å²) in [6.07, 6.45) is 2.96. The van der Waals surface area contributed by atoms with Crippen molar-refractivity contribution >= 4 is 11.4 Å². The smallest absolute Gasteiger partial charge is 0.0558 e. The highest BCUT2D eigenvalue weighted by Crippen LogP contribution is 2.07. The summed E-state index contributed by atoms with van der Waals surface area (Å²) in [6, 6.07) is 8.70. The van der Waals surface area contributed by atoms with Gasteiger partial charge in [-0.2, -0.15) is 0 Å². The molecule has 0 spiro atoms. The molecule has 0 saturated heterocycles. The van der Waals surface area contributed by atoms with Crippen LogP contribution < -0.4 is 0 Å². The molecular weight excluding hydrogens is 208 g/mol. The van der Waals surface area contributed by atoms with Crippen LogP contribution in [0.5, 0.6) is 0 Å². The monoisotopic (exact) mass is 230 g/mol. The Kier molecular flexibility index (Phi) is 5.61. The highest BCUT2D eigenvalue weighted by Gasteiger charge is 2.05. The molecule has 0 radical (unpaired) electrons. The van der Waals surface area contributed by atoms with E-state index in [1.807, 2.05) is 14.1 Å². The average Bonchev–Trinajstić information content (AvgIpc) is 2.36. The lowest BCUT2D eigenvalue weighted by Gasteiger charge is -2.07. The lowest BCUT2D eigenvalue weighted by Crippen LogP contribution is -2.14. The molecule has 1 rings (SSSR count). The van der Waals surface area contributed by atoms with Crippen LogP contribution >= 0.6 is 0 Å². The molecule has 0 unspecified atom stereocenters. The van der Waals surface area contributed by atoms with Crippen LogP contribution in [0.4, 0.5) is 0 Å². The molecule has 0 bridgehead atoms. The van der Waals surface area contributed by atoms with Gasteiger partial charge >= 0.3 is 0 Å². The minimum atomic E-state index is 0.955. The van der Waals surface area contributed by atoms with Crippen LogP contribution in [-0.4, -0.2) is 25.5 Å². The first kappa shape index (κ1) is 13.6. The van der Waals surface area contributed by atoms with E-state index in [2.05, 4.69) is 48.1 Å². The molecule has 0 fully saturated rings. The summed E-state index contributed by atoms with van der Waals surface area (Å²) in [4.78, 5) is 8.64. The van der Waals surface area contributed by atoms with E-state index < -0.39 is 0 Å². The van der Waals surface area contributed by atoms with Gasteiger partial charge in [0.05, 0.1) is 11.4 Å². The zero-order valence-electron chi connectivity index (χ0n) is 11.3. The Balaban J connectivity index is 2.63. The maximum Gasteiger partial charge on any atom is 0.0558 e.